The molecule has 3 aromatic rings. The fraction of sp³-hybridized carbons (Fsp3) is 0.381. The monoisotopic (exact) mass is 383 g/mol. The normalized spacial score (nSPS) is 21.8. The van der Waals surface area contributed by atoms with Crippen LogP contribution in [0.25, 0.3) is 10.6 Å². The summed E-state index contributed by atoms with van der Waals surface area (Å²) in [6, 6.07) is 12.9. The molecule has 1 saturated heterocycles. The predicted molar refractivity (Wildman–Crippen MR) is 104 cm³/mol. The summed E-state index contributed by atoms with van der Waals surface area (Å²) in [6.07, 6.45) is 1.06. The van der Waals surface area contributed by atoms with Gasteiger partial charge in [-0.2, -0.15) is 0 Å². The SMILES string of the molecule is c1csc(-c2cc(C[NH+]3CC[NH+](Cc4ccc5c(c4)CCO5)CC3)no2)c1. The fourth-order valence-corrected chi connectivity index (χ4v) is 4.81. The molecule has 1 aromatic carbocycles. The smallest absolute Gasteiger partial charge is 0.177 e. The van der Waals surface area contributed by atoms with Crippen LogP contribution in [-0.2, 0) is 19.5 Å². The second-order valence-corrected chi connectivity index (χ2v) is 8.50. The van der Waals surface area contributed by atoms with Gasteiger partial charge in [0.2, 0.25) is 0 Å². The Kier molecular flexibility index (Phi) is 4.69. The van der Waals surface area contributed by atoms with Gasteiger partial charge < -0.3 is 19.1 Å². The largest absolute Gasteiger partial charge is 0.493 e. The molecule has 140 valence electrons. The number of benzene rings is 1. The molecule has 0 saturated carbocycles. The molecule has 1 fully saturated rings. The van der Waals surface area contributed by atoms with Crippen LogP contribution in [0.3, 0.4) is 0 Å². The van der Waals surface area contributed by atoms with Crippen molar-refractivity contribution in [3.05, 3.63) is 58.6 Å². The Balaban J connectivity index is 1.14. The highest BCUT2D eigenvalue weighted by Crippen LogP contribution is 2.26. The van der Waals surface area contributed by atoms with Crippen LogP contribution in [-0.4, -0.2) is 37.9 Å². The summed E-state index contributed by atoms with van der Waals surface area (Å²) in [6.45, 7) is 7.70. The zero-order valence-electron chi connectivity index (χ0n) is 15.4. The maximum Gasteiger partial charge on any atom is 0.177 e. The summed E-state index contributed by atoms with van der Waals surface area (Å²) in [7, 11) is 0. The van der Waals surface area contributed by atoms with Crippen LogP contribution >= 0.6 is 11.3 Å². The maximum atomic E-state index is 5.62. The minimum absolute atomic E-state index is 0.837. The van der Waals surface area contributed by atoms with Crippen LogP contribution in [0.15, 0.2) is 46.3 Å². The van der Waals surface area contributed by atoms with Crippen LogP contribution in [0, 0.1) is 0 Å². The highest BCUT2D eigenvalue weighted by Gasteiger charge is 2.25. The number of quaternary nitrogens is 2. The van der Waals surface area contributed by atoms with Crippen molar-refractivity contribution < 1.29 is 19.1 Å². The van der Waals surface area contributed by atoms with Crippen LogP contribution < -0.4 is 14.5 Å². The number of piperazine rings is 1. The molecule has 0 spiro atoms. The first kappa shape index (κ1) is 17.0. The van der Waals surface area contributed by atoms with Crippen molar-refractivity contribution in [3.8, 4) is 16.4 Å². The summed E-state index contributed by atoms with van der Waals surface area (Å²) in [5, 5.41) is 6.35. The summed E-state index contributed by atoms with van der Waals surface area (Å²) in [5.74, 6) is 1.97. The van der Waals surface area contributed by atoms with Crippen LogP contribution in [0.5, 0.6) is 5.75 Å². The number of thiophene rings is 1. The molecule has 0 amide bonds. The molecule has 5 rings (SSSR count). The highest BCUT2D eigenvalue weighted by molar-refractivity contribution is 7.13. The summed E-state index contributed by atoms with van der Waals surface area (Å²) in [5.41, 5.74) is 3.88. The van der Waals surface area contributed by atoms with Crippen molar-refractivity contribution >= 4 is 11.3 Å². The molecule has 0 bridgehead atoms. The molecule has 2 aromatic heterocycles. The van der Waals surface area contributed by atoms with Crippen LogP contribution in [0.2, 0.25) is 0 Å². The van der Waals surface area contributed by atoms with E-state index in [0.29, 0.717) is 0 Å². The van der Waals surface area contributed by atoms with Crippen LogP contribution in [0.4, 0.5) is 0 Å². The lowest BCUT2D eigenvalue weighted by Crippen LogP contribution is -3.27. The molecular weight excluding hydrogens is 358 g/mol. The van der Waals surface area contributed by atoms with Gasteiger partial charge in [0, 0.05) is 18.1 Å². The van der Waals surface area contributed by atoms with Crippen molar-refractivity contribution in [1.29, 1.82) is 0 Å². The molecule has 27 heavy (non-hydrogen) atoms. The molecule has 2 aliphatic heterocycles. The minimum Gasteiger partial charge on any atom is -0.493 e. The molecule has 0 atom stereocenters. The summed E-state index contributed by atoms with van der Waals surface area (Å²) >= 11 is 1.69. The minimum atomic E-state index is 0.837. The van der Waals surface area contributed by atoms with Crippen molar-refractivity contribution in [2.24, 2.45) is 0 Å². The number of rotatable bonds is 5. The van der Waals surface area contributed by atoms with Gasteiger partial charge in [0.1, 0.15) is 50.7 Å². The Morgan fingerprint density at radius 1 is 1.00 bits per heavy atom. The Labute approximate surface area is 163 Å². The first-order valence-corrected chi connectivity index (χ1v) is 10.6. The molecule has 2 aliphatic rings. The molecule has 2 N–H and O–H groups in total. The van der Waals surface area contributed by atoms with Gasteiger partial charge in [-0.15, -0.1) is 11.3 Å². The van der Waals surface area contributed by atoms with E-state index in [2.05, 4.69) is 40.9 Å². The predicted octanol–water partition coefficient (Wildman–Crippen LogP) is 0.822. The van der Waals surface area contributed by atoms with Gasteiger partial charge in [-0.1, -0.05) is 11.2 Å². The zero-order valence-corrected chi connectivity index (χ0v) is 16.2. The van der Waals surface area contributed by atoms with Crippen molar-refractivity contribution in [3.63, 3.8) is 0 Å². The number of aromatic nitrogens is 1. The topological polar surface area (TPSA) is 44.1 Å². The maximum absolute atomic E-state index is 5.62. The van der Waals surface area contributed by atoms with E-state index >= 15 is 0 Å². The van der Waals surface area contributed by atoms with E-state index < -0.39 is 0 Å². The Bertz CT molecular complexity index is 898. The lowest BCUT2D eigenvalue weighted by atomic mass is 10.1. The van der Waals surface area contributed by atoms with Crippen LogP contribution in [0.1, 0.15) is 16.8 Å². The molecule has 6 heteroatoms. The van der Waals surface area contributed by atoms with Gasteiger partial charge in [0.25, 0.3) is 0 Å². The lowest BCUT2D eigenvalue weighted by molar-refractivity contribution is -1.02. The number of ether oxygens (including phenoxy) is 1. The third kappa shape index (κ3) is 3.78. The van der Waals surface area contributed by atoms with Gasteiger partial charge in [0.05, 0.1) is 11.5 Å². The number of nitrogens with one attached hydrogen (secondary N) is 2. The Morgan fingerprint density at radius 3 is 2.67 bits per heavy atom. The third-order valence-electron chi connectivity index (χ3n) is 5.63. The fourth-order valence-electron chi connectivity index (χ4n) is 4.14. The summed E-state index contributed by atoms with van der Waals surface area (Å²) < 4.78 is 11.1. The number of nitrogens with zero attached hydrogens (tertiary/aromatic N) is 1. The number of hydrogen-bond donors (Lipinski definition) is 2. The van der Waals surface area contributed by atoms with Gasteiger partial charge >= 0.3 is 0 Å². The number of hydrogen-bond acceptors (Lipinski definition) is 4. The summed E-state index contributed by atoms with van der Waals surface area (Å²) in [4.78, 5) is 4.43. The molecular formula is C21H25N3O2S+2. The van der Waals surface area contributed by atoms with E-state index in [1.165, 1.54) is 37.3 Å². The van der Waals surface area contributed by atoms with Gasteiger partial charge in [-0.3, -0.25) is 0 Å². The third-order valence-corrected chi connectivity index (χ3v) is 6.51. The molecule has 0 unspecified atom stereocenters. The van der Waals surface area contributed by atoms with Crippen molar-refractivity contribution in [2.75, 3.05) is 32.8 Å². The molecule has 5 nitrogen and oxygen atoms in total. The van der Waals surface area contributed by atoms with Gasteiger partial charge in [0.15, 0.2) is 5.76 Å². The highest BCUT2D eigenvalue weighted by atomic mass is 32.1. The second-order valence-electron chi connectivity index (χ2n) is 7.55. The first-order chi connectivity index (χ1) is 13.3. The van der Waals surface area contributed by atoms with E-state index in [9.17, 15) is 0 Å². The van der Waals surface area contributed by atoms with Crippen molar-refractivity contribution in [2.45, 2.75) is 19.5 Å². The van der Waals surface area contributed by atoms with E-state index in [0.717, 1.165) is 48.2 Å². The molecule has 0 aliphatic carbocycles. The standard InChI is InChI=1S/C21H23N3O2S/c1-2-21(27-11-1)20-13-18(22-26-20)15-24-8-6-23(7-9-24)14-16-3-4-19-17(12-16)5-10-25-19/h1-4,11-13H,5-10,14-15H2/p+2. The van der Waals surface area contributed by atoms with E-state index in [4.69, 9.17) is 9.26 Å². The molecule has 4 heterocycles. The van der Waals surface area contributed by atoms with E-state index in [1.807, 2.05) is 6.07 Å². The van der Waals surface area contributed by atoms with Crippen molar-refractivity contribution in [1.82, 2.24) is 5.16 Å². The quantitative estimate of drug-likeness (QED) is 0.686. The molecule has 0 radical (unpaired) electrons. The van der Waals surface area contributed by atoms with E-state index in [-0.39, 0.29) is 0 Å². The van der Waals surface area contributed by atoms with E-state index in [1.54, 1.807) is 21.1 Å². The number of fused-ring (bicyclic) bond motifs is 1. The second kappa shape index (κ2) is 7.46. The Hall–Kier alpha value is -2.15. The first-order valence-electron chi connectivity index (χ1n) is 9.75. The lowest BCUT2D eigenvalue weighted by Gasteiger charge is -2.29. The average Bonchev–Trinajstić information content (AvgIpc) is 3.44. The zero-order chi connectivity index (χ0) is 18.1. The average molecular weight is 384 g/mol. The van der Waals surface area contributed by atoms with Gasteiger partial charge in [-0.05, 0) is 35.2 Å². The van der Waals surface area contributed by atoms with Gasteiger partial charge in [-0.25, -0.2) is 0 Å². The Morgan fingerprint density at radius 2 is 1.85 bits per heavy atom.